The number of hydrogen-bond donors (Lipinski definition) is 2. The Labute approximate surface area is 216 Å². The number of nitrogens with zero attached hydrogens (tertiary/aromatic N) is 5. The highest BCUT2D eigenvalue weighted by Gasteiger charge is 2.39. The number of benzene rings is 2. The van der Waals surface area contributed by atoms with Crippen LogP contribution < -0.4 is 5.69 Å². The largest absolute Gasteiger partial charge is 0.416 e. The first-order valence-corrected chi connectivity index (χ1v) is 11.5. The highest BCUT2D eigenvalue weighted by atomic mass is 35.5. The van der Waals surface area contributed by atoms with Gasteiger partial charge in [-0.05, 0) is 42.8 Å². The molecule has 0 aliphatic carbocycles. The van der Waals surface area contributed by atoms with Gasteiger partial charge in [0.05, 0.1) is 29.5 Å². The van der Waals surface area contributed by atoms with E-state index in [4.69, 9.17) is 23.2 Å². The second kappa shape index (κ2) is 10.3. The molecule has 4 aromatic rings. The maximum atomic E-state index is 13.5. The molecule has 0 fully saturated rings. The van der Waals surface area contributed by atoms with Gasteiger partial charge in [-0.25, -0.2) is 18.9 Å². The Morgan fingerprint density at radius 1 is 1.08 bits per heavy atom. The lowest BCUT2D eigenvalue weighted by Gasteiger charge is -2.16. The molecule has 4 rings (SSSR count). The van der Waals surface area contributed by atoms with Crippen molar-refractivity contribution in [2.45, 2.75) is 38.4 Å². The van der Waals surface area contributed by atoms with Gasteiger partial charge in [0.2, 0.25) is 0 Å². The topological polar surface area (TPSA) is 98.1 Å². The van der Waals surface area contributed by atoms with Gasteiger partial charge < -0.3 is 10.2 Å². The molecule has 0 spiro atoms. The Bertz CT molecular complexity index is 1480. The van der Waals surface area contributed by atoms with Crippen LogP contribution in [0.3, 0.4) is 0 Å². The van der Waals surface area contributed by atoms with E-state index in [-0.39, 0.29) is 34.6 Å². The lowest BCUT2D eigenvalue weighted by atomic mass is 10.1. The molecule has 2 N–H and O–H groups in total. The fraction of sp³-hybridized carbons (Fsp3) is 0.261. The molecular formula is C23H19Cl2F4N5O3. The molecular weight excluding hydrogens is 541 g/mol. The summed E-state index contributed by atoms with van der Waals surface area (Å²) in [4.78, 5) is 17.4. The van der Waals surface area contributed by atoms with Crippen LogP contribution in [0.2, 0.25) is 10.0 Å². The predicted octanol–water partition coefficient (Wildman–Crippen LogP) is 4.37. The molecule has 8 nitrogen and oxygen atoms in total. The molecule has 0 unspecified atom stereocenters. The van der Waals surface area contributed by atoms with Gasteiger partial charge in [0, 0.05) is 11.2 Å². The number of imidazole rings is 1. The Morgan fingerprint density at radius 3 is 2.35 bits per heavy atom. The van der Waals surface area contributed by atoms with E-state index < -0.39 is 36.4 Å². The quantitative estimate of drug-likeness (QED) is 0.328. The lowest BCUT2D eigenvalue weighted by Crippen LogP contribution is -2.37. The van der Waals surface area contributed by atoms with E-state index in [1.165, 1.54) is 48.1 Å². The number of aliphatic hydroxyl groups is 2. The summed E-state index contributed by atoms with van der Waals surface area (Å²) in [6.45, 7) is 0.0842. The van der Waals surface area contributed by atoms with Gasteiger partial charge in [-0.1, -0.05) is 35.3 Å². The Kier molecular flexibility index (Phi) is 7.47. The van der Waals surface area contributed by atoms with Crippen molar-refractivity contribution in [2.75, 3.05) is 0 Å². The minimum atomic E-state index is -4.94. The maximum Gasteiger partial charge on any atom is 0.416 e. The molecule has 0 aliphatic heterocycles. The van der Waals surface area contributed by atoms with Crippen LogP contribution in [0.5, 0.6) is 0 Å². The standard InChI is InChI=1S/C23H19Cl2F4N5O3/c1-12(35)21-30-20(31-34(21)17-7-6-15(26)8-16(17)25)11-32-9-18(13-2-4-14(24)5-3-13)33(22(32)37)10-19(36)23(27,28)29/h2-9,12,19,35-36H,10-11H2,1H3/t12-,19-/m0/s1. The lowest BCUT2D eigenvalue weighted by molar-refractivity contribution is -0.207. The van der Waals surface area contributed by atoms with Gasteiger partial charge in [-0.3, -0.25) is 9.13 Å². The number of aliphatic hydroxyl groups excluding tert-OH is 2. The third-order valence-electron chi connectivity index (χ3n) is 5.42. The summed E-state index contributed by atoms with van der Waals surface area (Å²) in [5.74, 6) is -0.521. The molecule has 2 aromatic carbocycles. The van der Waals surface area contributed by atoms with Crippen molar-refractivity contribution in [1.82, 2.24) is 23.9 Å². The Balaban J connectivity index is 1.78. The number of hydrogen-bond acceptors (Lipinski definition) is 5. The van der Waals surface area contributed by atoms with Crippen molar-refractivity contribution < 1.29 is 27.8 Å². The monoisotopic (exact) mass is 559 g/mol. The third kappa shape index (κ3) is 5.72. The second-order valence-electron chi connectivity index (χ2n) is 8.17. The van der Waals surface area contributed by atoms with E-state index in [9.17, 15) is 32.6 Å². The average Bonchev–Trinajstić information content (AvgIpc) is 3.36. The van der Waals surface area contributed by atoms with E-state index in [2.05, 4.69) is 10.1 Å². The van der Waals surface area contributed by atoms with E-state index in [0.29, 0.717) is 10.6 Å². The van der Waals surface area contributed by atoms with E-state index >= 15 is 0 Å². The summed E-state index contributed by atoms with van der Waals surface area (Å²) in [6, 6.07) is 9.59. The van der Waals surface area contributed by atoms with Crippen LogP contribution in [0, 0.1) is 5.82 Å². The van der Waals surface area contributed by atoms with Crippen molar-refractivity contribution in [3.05, 3.63) is 86.7 Å². The molecule has 14 heteroatoms. The Hall–Kier alpha value is -3.19. The zero-order valence-electron chi connectivity index (χ0n) is 19.0. The average molecular weight is 560 g/mol. The summed E-state index contributed by atoms with van der Waals surface area (Å²) in [5, 5.41) is 24.5. The van der Waals surface area contributed by atoms with Crippen LogP contribution in [0.15, 0.2) is 53.5 Å². The highest BCUT2D eigenvalue weighted by Crippen LogP contribution is 2.27. The number of alkyl halides is 3. The first kappa shape index (κ1) is 26.9. The van der Waals surface area contributed by atoms with Crippen molar-refractivity contribution in [3.8, 4) is 16.9 Å². The first-order valence-electron chi connectivity index (χ1n) is 10.7. The second-order valence-corrected chi connectivity index (χ2v) is 9.01. The zero-order chi connectivity index (χ0) is 27.1. The molecule has 0 saturated carbocycles. The molecule has 0 bridgehead atoms. The molecule has 0 radical (unpaired) electrons. The van der Waals surface area contributed by atoms with Crippen LogP contribution >= 0.6 is 23.2 Å². The van der Waals surface area contributed by atoms with Crippen LogP contribution in [0.25, 0.3) is 16.9 Å². The van der Waals surface area contributed by atoms with E-state index in [1.54, 1.807) is 0 Å². The van der Waals surface area contributed by atoms with Gasteiger partial charge in [-0.2, -0.15) is 13.2 Å². The van der Waals surface area contributed by atoms with Gasteiger partial charge >= 0.3 is 11.9 Å². The molecule has 2 atom stereocenters. The van der Waals surface area contributed by atoms with Gasteiger partial charge in [0.15, 0.2) is 17.8 Å². The molecule has 2 heterocycles. The van der Waals surface area contributed by atoms with E-state index in [0.717, 1.165) is 21.3 Å². The number of aromatic nitrogens is 5. The predicted molar refractivity (Wildman–Crippen MR) is 127 cm³/mol. The fourth-order valence-electron chi connectivity index (χ4n) is 3.64. The van der Waals surface area contributed by atoms with Crippen molar-refractivity contribution >= 4 is 23.2 Å². The molecule has 2 aromatic heterocycles. The summed E-state index contributed by atoms with van der Waals surface area (Å²) in [5.41, 5.74) is -0.154. The fourth-order valence-corrected chi connectivity index (χ4v) is 4.01. The molecule has 0 aliphatic rings. The van der Waals surface area contributed by atoms with Crippen LogP contribution in [0.4, 0.5) is 17.6 Å². The molecule has 0 amide bonds. The highest BCUT2D eigenvalue weighted by molar-refractivity contribution is 6.32. The molecule has 196 valence electrons. The van der Waals surface area contributed by atoms with Crippen molar-refractivity contribution in [3.63, 3.8) is 0 Å². The summed E-state index contributed by atoms with van der Waals surface area (Å²) in [7, 11) is 0. The van der Waals surface area contributed by atoms with Crippen LogP contribution in [0.1, 0.15) is 24.7 Å². The minimum absolute atomic E-state index is 0.00664. The van der Waals surface area contributed by atoms with Crippen LogP contribution in [-0.2, 0) is 13.1 Å². The normalized spacial score (nSPS) is 13.6. The summed E-state index contributed by atoms with van der Waals surface area (Å²) < 4.78 is 55.8. The third-order valence-corrected chi connectivity index (χ3v) is 5.97. The van der Waals surface area contributed by atoms with Gasteiger partial charge in [0.25, 0.3) is 0 Å². The smallest absolute Gasteiger partial charge is 0.385 e. The number of halogens is 6. The SMILES string of the molecule is C[C@H](O)c1nc(Cn2cc(-c3ccc(Cl)cc3)n(C[C@H](O)C(F)(F)F)c2=O)nn1-c1ccc(F)cc1Cl. The van der Waals surface area contributed by atoms with Crippen LogP contribution in [-0.4, -0.2) is 46.4 Å². The number of rotatable bonds is 7. The van der Waals surface area contributed by atoms with Crippen molar-refractivity contribution in [2.24, 2.45) is 0 Å². The zero-order valence-corrected chi connectivity index (χ0v) is 20.5. The van der Waals surface area contributed by atoms with Gasteiger partial charge in [0.1, 0.15) is 11.9 Å². The Morgan fingerprint density at radius 2 is 1.76 bits per heavy atom. The molecule has 0 saturated heterocycles. The van der Waals surface area contributed by atoms with Crippen molar-refractivity contribution in [1.29, 1.82) is 0 Å². The first-order chi connectivity index (χ1) is 17.3. The molecule has 37 heavy (non-hydrogen) atoms. The maximum absolute atomic E-state index is 13.5. The van der Waals surface area contributed by atoms with Gasteiger partial charge in [-0.15, -0.1) is 5.10 Å². The summed E-state index contributed by atoms with van der Waals surface area (Å²) in [6.07, 6.45) is -7.55. The summed E-state index contributed by atoms with van der Waals surface area (Å²) >= 11 is 12.0. The minimum Gasteiger partial charge on any atom is -0.385 e. The van der Waals surface area contributed by atoms with E-state index in [1.807, 2.05) is 0 Å².